The van der Waals surface area contributed by atoms with E-state index in [1.807, 2.05) is 4.90 Å². The molecular formula is C18H32N6O2. The normalized spacial score (nSPS) is 21.9. The van der Waals surface area contributed by atoms with Crippen molar-refractivity contribution in [2.24, 2.45) is 0 Å². The van der Waals surface area contributed by atoms with Crippen LogP contribution in [0.25, 0.3) is 0 Å². The van der Waals surface area contributed by atoms with E-state index in [9.17, 15) is 4.79 Å². The SMILES string of the molecule is CC(C)c1nc(CN(C)C2CCN(CCC(=O)N3CCNCC3)C2)no1. The van der Waals surface area contributed by atoms with Crippen molar-refractivity contribution in [3.05, 3.63) is 11.7 Å². The van der Waals surface area contributed by atoms with Gasteiger partial charge in [0.1, 0.15) is 0 Å². The van der Waals surface area contributed by atoms with E-state index in [-0.39, 0.29) is 11.8 Å². The molecule has 1 atom stereocenters. The van der Waals surface area contributed by atoms with Gasteiger partial charge in [-0.15, -0.1) is 0 Å². The van der Waals surface area contributed by atoms with E-state index in [1.54, 1.807) is 0 Å². The van der Waals surface area contributed by atoms with E-state index >= 15 is 0 Å². The van der Waals surface area contributed by atoms with Gasteiger partial charge in [-0.25, -0.2) is 0 Å². The Bertz CT molecular complexity index is 584. The van der Waals surface area contributed by atoms with Crippen LogP contribution in [0.15, 0.2) is 4.52 Å². The Morgan fingerprint density at radius 3 is 2.81 bits per heavy atom. The van der Waals surface area contributed by atoms with Crippen molar-refractivity contribution in [3.63, 3.8) is 0 Å². The number of likely N-dealkylation sites (tertiary alicyclic amines) is 1. The minimum Gasteiger partial charge on any atom is -0.340 e. The average molecular weight is 364 g/mol. The first-order valence-corrected chi connectivity index (χ1v) is 9.76. The summed E-state index contributed by atoms with van der Waals surface area (Å²) in [6, 6.07) is 0.477. The molecule has 0 saturated carbocycles. The lowest BCUT2D eigenvalue weighted by Gasteiger charge is -2.28. The van der Waals surface area contributed by atoms with Crippen LogP contribution in [0.5, 0.6) is 0 Å². The molecule has 1 N–H and O–H groups in total. The summed E-state index contributed by atoms with van der Waals surface area (Å²) in [6.45, 7) is 11.2. The molecule has 8 nitrogen and oxygen atoms in total. The summed E-state index contributed by atoms with van der Waals surface area (Å²) >= 11 is 0. The molecule has 8 heteroatoms. The van der Waals surface area contributed by atoms with Gasteiger partial charge in [0.2, 0.25) is 11.8 Å². The maximum Gasteiger partial charge on any atom is 0.229 e. The molecule has 2 aliphatic heterocycles. The molecule has 2 saturated heterocycles. The second-order valence-electron chi connectivity index (χ2n) is 7.74. The number of piperazine rings is 1. The van der Waals surface area contributed by atoms with Gasteiger partial charge in [-0.2, -0.15) is 4.98 Å². The van der Waals surface area contributed by atoms with Crippen LogP contribution in [0.4, 0.5) is 0 Å². The second kappa shape index (κ2) is 8.92. The highest BCUT2D eigenvalue weighted by Crippen LogP contribution is 2.17. The summed E-state index contributed by atoms with van der Waals surface area (Å²) in [6.07, 6.45) is 1.74. The van der Waals surface area contributed by atoms with Crippen molar-refractivity contribution in [2.45, 2.75) is 45.2 Å². The van der Waals surface area contributed by atoms with E-state index in [4.69, 9.17) is 4.52 Å². The van der Waals surface area contributed by atoms with Crippen molar-refractivity contribution in [3.8, 4) is 0 Å². The van der Waals surface area contributed by atoms with E-state index in [0.29, 0.717) is 24.9 Å². The van der Waals surface area contributed by atoms with Gasteiger partial charge in [0.15, 0.2) is 5.82 Å². The largest absolute Gasteiger partial charge is 0.340 e. The van der Waals surface area contributed by atoms with Gasteiger partial charge in [-0.1, -0.05) is 19.0 Å². The van der Waals surface area contributed by atoms with E-state index in [2.05, 4.69) is 46.2 Å². The lowest BCUT2D eigenvalue weighted by molar-refractivity contribution is -0.132. The summed E-state index contributed by atoms with van der Waals surface area (Å²) in [5.74, 6) is 2.00. The summed E-state index contributed by atoms with van der Waals surface area (Å²) in [4.78, 5) is 23.4. The van der Waals surface area contributed by atoms with Gasteiger partial charge >= 0.3 is 0 Å². The standard InChI is InChI=1S/C18H32N6O2/c1-14(2)18-20-16(21-26-18)13-22(3)15-4-8-23(12-15)9-5-17(25)24-10-6-19-7-11-24/h14-15,19H,4-13H2,1-3H3. The quantitative estimate of drug-likeness (QED) is 0.756. The number of hydrogen-bond donors (Lipinski definition) is 1. The first kappa shape index (κ1) is 19.3. The zero-order valence-electron chi connectivity index (χ0n) is 16.3. The molecule has 1 aromatic heterocycles. The summed E-state index contributed by atoms with van der Waals surface area (Å²) < 4.78 is 5.29. The molecule has 3 rings (SSSR count). The molecule has 0 bridgehead atoms. The lowest BCUT2D eigenvalue weighted by atomic mass is 10.2. The monoisotopic (exact) mass is 364 g/mol. The highest BCUT2D eigenvalue weighted by Gasteiger charge is 2.27. The molecule has 146 valence electrons. The second-order valence-corrected chi connectivity index (χ2v) is 7.74. The Hall–Kier alpha value is -1.51. The highest BCUT2D eigenvalue weighted by molar-refractivity contribution is 5.76. The minimum atomic E-state index is 0.261. The maximum atomic E-state index is 12.3. The molecule has 0 radical (unpaired) electrons. The third-order valence-electron chi connectivity index (χ3n) is 5.35. The number of carbonyl (C=O) groups excluding carboxylic acids is 1. The summed E-state index contributed by atoms with van der Waals surface area (Å²) in [5.41, 5.74) is 0. The maximum absolute atomic E-state index is 12.3. The number of rotatable bonds is 7. The van der Waals surface area contributed by atoms with Gasteiger partial charge in [-0.3, -0.25) is 9.69 Å². The van der Waals surface area contributed by atoms with Crippen molar-refractivity contribution in [2.75, 3.05) is 52.9 Å². The van der Waals surface area contributed by atoms with E-state index in [1.165, 1.54) is 0 Å². The number of carbonyl (C=O) groups is 1. The average Bonchev–Trinajstić information content (AvgIpc) is 3.30. The smallest absolute Gasteiger partial charge is 0.229 e. The van der Waals surface area contributed by atoms with Crippen LogP contribution in [0.1, 0.15) is 44.3 Å². The Labute approximate surface area is 155 Å². The fraction of sp³-hybridized carbons (Fsp3) is 0.833. The molecule has 0 spiro atoms. The Morgan fingerprint density at radius 1 is 1.35 bits per heavy atom. The number of nitrogens with zero attached hydrogens (tertiary/aromatic N) is 5. The summed E-state index contributed by atoms with van der Waals surface area (Å²) in [7, 11) is 2.12. The fourth-order valence-corrected chi connectivity index (χ4v) is 3.62. The van der Waals surface area contributed by atoms with Gasteiger partial charge in [0, 0.05) is 57.6 Å². The van der Waals surface area contributed by atoms with Crippen LogP contribution in [0, 0.1) is 0 Å². The number of aromatic nitrogens is 2. The summed E-state index contributed by atoms with van der Waals surface area (Å²) in [5, 5.41) is 7.37. The molecule has 1 unspecified atom stereocenters. The van der Waals surface area contributed by atoms with Gasteiger partial charge in [0.05, 0.1) is 6.54 Å². The first-order chi connectivity index (χ1) is 12.5. The van der Waals surface area contributed by atoms with Gasteiger partial charge < -0.3 is 19.6 Å². The van der Waals surface area contributed by atoms with Crippen molar-refractivity contribution in [1.29, 1.82) is 0 Å². The molecule has 3 heterocycles. The van der Waals surface area contributed by atoms with Crippen LogP contribution < -0.4 is 5.32 Å². The molecule has 0 aromatic carbocycles. The van der Waals surface area contributed by atoms with Crippen LogP contribution >= 0.6 is 0 Å². The molecule has 1 aromatic rings. The van der Waals surface area contributed by atoms with Crippen LogP contribution in [-0.4, -0.2) is 89.7 Å². The number of amides is 1. The van der Waals surface area contributed by atoms with Gasteiger partial charge in [0.25, 0.3) is 0 Å². The lowest BCUT2D eigenvalue weighted by Crippen LogP contribution is -2.47. The van der Waals surface area contributed by atoms with E-state index in [0.717, 1.165) is 58.1 Å². The van der Waals surface area contributed by atoms with E-state index < -0.39 is 0 Å². The predicted octanol–water partition coefficient (Wildman–Crippen LogP) is 0.521. The van der Waals surface area contributed by atoms with Crippen molar-refractivity contribution < 1.29 is 9.32 Å². The fourth-order valence-electron chi connectivity index (χ4n) is 3.62. The Morgan fingerprint density at radius 2 is 2.12 bits per heavy atom. The zero-order chi connectivity index (χ0) is 18.5. The molecule has 26 heavy (non-hydrogen) atoms. The van der Waals surface area contributed by atoms with Crippen LogP contribution in [0.3, 0.4) is 0 Å². The Balaban J connectivity index is 1.40. The predicted molar refractivity (Wildman–Crippen MR) is 98.8 cm³/mol. The van der Waals surface area contributed by atoms with Gasteiger partial charge in [-0.05, 0) is 20.0 Å². The van der Waals surface area contributed by atoms with Crippen molar-refractivity contribution >= 4 is 5.91 Å². The van der Waals surface area contributed by atoms with Crippen LogP contribution in [0.2, 0.25) is 0 Å². The van der Waals surface area contributed by atoms with Crippen LogP contribution in [-0.2, 0) is 11.3 Å². The molecule has 2 aliphatic rings. The minimum absolute atomic E-state index is 0.261. The highest BCUT2D eigenvalue weighted by atomic mass is 16.5. The Kier molecular flexibility index (Phi) is 6.61. The topological polar surface area (TPSA) is 77.7 Å². The number of hydrogen-bond acceptors (Lipinski definition) is 7. The number of nitrogens with one attached hydrogen (secondary N) is 1. The number of likely N-dealkylation sites (N-methyl/N-ethyl adjacent to an activating group) is 1. The molecule has 2 fully saturated rings. The molecule has 0 aliphatic carbocycles. The molecular weight excluding hydrogens is 332 g/mol. The third kappa shape index (κ3) is 5.02. The first-order valence-electron chi connectivity index (χ1n) is 9.76. The third-order valence-corrected chi connectivity index (χ3v) is 5.35. The molecule has 1 amide bonds. The zero-order valence-corrected chi connectivity index (χ0v) is 16.3. The van der Waals surface area contributed by atoms with Crippen molar-refractivity contribution in [1.82, 2.24) is 30.2 Å².